The highest BCUT2D eigenvalue weighted by molar-refractivity contribution is 5.75. The Morgan fingerprint density at radius 1 is 1.07 bits per heavy atom. The smallest absolute Gasteiger partial charge is 0.131 e. The molecule has 3 heteroatoms. The monoisotopic (exact) mass is 188 g/mol. The van der Waals surface area contributed by atoms with Crippen LogP contribution in [0.1, 0.15) is 0 Å². The molecule has 0 aliphatic rings. The van der Waals surface area contributed by atoms with Crippen LogP contribution in [0.2, 0.25) is 0 Å². The second kappa shape index (κ2) is 3.46. The van der Waals surface area contributed by atoms with E-state index in [1.807, 2.05) is 0 Å². The average molecular weight is 188 g/mol. The summed E-state index contributed by atoms with van der Waals surface area (Å²) in [5.74, 6) is -0.285. The van der Waals surface area contributed by atoms with Crippen molar-refractivity contribution in [1.82, 2.24) is 4.98 Å². The van der Waals surface area contributed by atoms with Gasteiger partial charge < -0.3 is 5.73 Å². The van der Waals surface area contributed by atoms with Crippen LogP contribution in [-0.4, -0.2) is 4.98 Å². The molecule has 0 unspecified atom stereocenters. The molecule has 0 aliphatic heterocycles. The van der Waals surface area contributed by atoms with E-state index in [2.05, 4.69) is 4.98 Å². The third-order valence-corrected chi connectivity index (χ3v) is 2.02. The van der Waals surface area contributed by atoms with Gasteiger partial charge in [0.2, 0.25) is 0 Å². The molecular weight excluding hydrogens is 179 g/mol. The Bertz CT molecular complexity index is 411. The summed E-state index contributed by atoms with van der Waals surface area (Å²) < 4.78 is 13.4. The molecule has 0 bridgehead atoms. The Kier molecular flexibility index (Phi) is 2.14. The minimum Gasteiger partial charge on any atom is -0.398 e. The van der Waals surface area contributed by atoms with Crippen molar-refractivity contribution in [2.45, 2.75) is 0 Å². The molecule has 2 N–H and O–H groups in total. The predicted octanol–water partition coefficient (Wildman–Crippen LogP) is 2.47. The van der Waals surface area contributed by atoms with Gasteiger partial charge in [0.25, 0.3) is 0 Å². The van der Waals surface area contributed by atoms with Gasteiger partial charge in [0.05, 0.1) is 0 Å². The van der Waals surface area contributed by atoms with Gasteiger partial charge in [0.1, 0.15) is 5.82 Å². The number of nitrogens with two attached hydrogens (primary N) is 1. The van der Waals surface area contributed by atoms with E-state index >= 15 is 0 Å². The standard InChI is InChI=1S/C11H9FN2/c12-10-4-2-1-3-8(10)9-7-14-6-5-11(9)13/h1-7H,(H2,13,14). The van der Waals surface area contributed by atoms with Crippen LogP contribution in [-0.2, 0) is 0 Å². The highest BCUT2D eigenvalue weighted by Crippen LogP contribution is 2.26. The molecule has 0 amide bonds. The maximum absolute atomic E-state index is 13.4. The number of nitrogens with zero attached hydrogens (tertiary/aromatic N) is 1. The molecule has 1 heterocycles. The van der Waals surface area contributed by atoms with Crippen molar-refractivity contribution >= 4 is 5.69 Å². The zero-order chi connectivity index (χ0) is 9.97. The molecule has 2 nitrogen and oxygen atoms in total. The summed E-state index contributed by atoms with van der Waals surface area (Å²) in [6, 6.07) is 8.16. The number of halogens is 1. The highest BCUT2D eigenvalue weighted by Gasteiger charge is 2.06. The van der Waals surface area contributed by atoms with Gasteiger partial charge in [-0.05, 0) is 12.1 Å². The molecule has 70 valence electrons. The summed E-state index contributed by atoms with van der Waals surface area (Å²) in [4.78, 5) is 3.92. The highest BCUT2D eigenvalue weighted by atomic mass is 19.1. The molecule has 0 fully saturated rings. The first-order valence-electron chi connectivity index (χ1n) is 4.23. The SMILES string of the molecule is Nc1ccncc1-c1ccccc1F. The van der Waals surface area contributed by atoms with E-state index in [0.29, 0.717) is 16.8 Å². The van der Waals surface area contributed by atoms with Crippen molar-refractivity contribution in [3.05, 3.63) is 48.5 Å². The van der Waals surface area contributed by atoms with Gasteiger partial charge in [-0.2, -0.15) is 0 Å². The lowest BCUT2D eigenvalue weighted by molar-refractivity contribution is 0.631. The van der Waals surface area contributed by atoms with E-state index in [0.717, 1.165) is 0 Å². The van der Waals surface area contributed by atoms with Crippen LogP contribution in [0.4, 0.5) is 10.1 Å². The molecular formula is C11H9FN2. The maximum atomic E-state index is 13.4. The van der Waals surface area contributed by atoms with Gasteiger partial charge in [-0.15, -0.1) is 0 Å². The lowest BCUT2D eigenvalue weighted by Gasteiger charge is -2.05. The summed E-state index contributed by atoms with van der Waals surface area (Å²) >= 11 is 0. The summed E-state index contributed by atoms with van der Waals surface area (Å²) in [5.41, 5.74) is 7.36. The molecule has 2 rings (SSSR count). The zero-order valence-corrected chi connectivity index (χ0v) is 7.44. The fourth-order valence-electron chi connectivity index (χ4n) is 1.31. The molecule has 2 aromatic rings. The normalized spacial score (nSPS) is 10.1. The fourth-order valence-corrected chi connectivity index (χ4v) is 1.31. The minimum absolute atomic E-state index is 0.285. The number of rotatable bonds is 1. The number of pyridine rings is 1. The van der Waals surface area contributed by atoms with Crippen molar-refractivity contribution in [1.29, 1.82) is 0 Å². The molecule has 0 spiro atoms. The largest absolute Gasteiger partial charge is 0.398 e. The molecule has 0 radical (unpaired) electrons. The average Bonchev–Trinajstić information content (AvgIpc) is 2.20. The van der Waals surface area contributed by atoms with E-state index in [1.54, 1.807) is 36.7 Å². The Morgan fingerprint density at radius 2 is 1.86 bits per heavy atom. The second-order valence-electron chi connectivity index (χ2n) is 2.94. The quantitative estimate of drug-likeness (QED) is 0.746. The number of benzene rings is 1. The van der Waals surface area contributed by atoms with E-state index in [1.165, 1.54) is 6.07 Å². The van der Waals surface area contributed by atoms with Crippen molar-refractivity contribution in [2.75, 3.05) is 5.73 Å². The maximum Gasteiger partial charge on any atom is 0.131 e. The van der Waals surface area contributed by atoms with Gasteiger partial charge >= 0.3 is 0 Å². The van der Waals surface area contributed by atoms with E-state index in [-0.39, 0.29) is 5.82 Å². The number of nitrogen functional groups attached to an aromatic ring is 1. The second-order valence-corrected chi connectivity index (χ2v) is 2.94. The first kappa shape index (κ1) is 8.69. The van der Waals surface area contributed by atoms with E-state index in [4.69, 9.17) is 5.73 Å². The third kappa shape index (κ3) is 1.44. The van der Waals surface area contributed by atoms with Crippen molar-refractivity contribution in [3.8, 4) is 11.1 Å². The Hall–Kier alpha value is -1.90. The molecule has 0 atom stereocenters. The molecule has 14 heavy (non-hydrogen) atoms. The van der Waals surface area contributed by atoms with Gasteiger partial charge in [-0.1, -0.05) is 18.2 Å². The van der Waals surface area contributed by atoms with Crippen molar-refractivity contribution in [3.63, 3.8) is 0 Å². The van der Waals surface area contributed by atoms with E-state index in [9.17, 15) is 4.39 Å². The summed E-state index contributed by atoms with van der Waals surface area (Å²) in [7, 11) is 0. The Balaban J connectivity index is 2.61. The van der Waals surface area contributed by atoms with Crippen LogP contribution >= 0.6 is 0 Å². The molecule has 0 saturated carbocycles. The predicted molar refractivity (Wildman–Crippen MR) is 54.0 cm³/mol. The molecule has 0 saturated heterocycles. The number of anilines is 1. The minimum atomic E-state index is -0.285. The Labute approximate surface area is 81.2 Å². The van der Waals surface area contributed by atoms with Crippen molar-refractivity contribution in [2.24, 2.45) is 0 Å². The van der Waals surface area contributed by atoms with Gasteiger partial charge in [-0.25, -0.2) is 4.39 Å². The van der Waals surface area contributed by atoms with Crippen LogP contribution < -0.4 is 5.73 Å². The van der Waals surface area contributed by atoms with Crippen LogP contribution in [0, 0.1) is 5.82 Å². The lowest BCUT2D eigenvalue weighted by atomic mass is 10.1. The first-order chi connectivity index (χ1) is 6.79. The van der Waals surface area contributed by atoms with Crippen molar-refractivity contribution < 1.29 is 4.39 Å². The van der Waals surface area contributed by atoms with Crippen LogP contribution in [0.5, 0.6) is 0 Å². The zero-order valence-electron chi connectivity index (χ0n) is 7.44. The molecule has 0 aliphatic carbocycles. The lowest BCUT2D eigenvalue weighted by Crippen LogP contribution is -1.92. The van der Waals surface area contributed by atoms with Crippen LogP contribution in [0.3, 0.4) is 0 Å². The van der Waals surface area contributed by atoms with Gasteiger partial charge in [0.15, 0.2) is 0 Å². The summed E-state index contributed by atoms with van der Waals surface area (Å²) in [6.45, 7) is 0. The number of hydrogen-bond acceptors (Lipinski definition) is 2. The van der Waals surface area contributed by atoms with Gasteiger partial charge in [-0.3, -0.25) is 4.98 Å². The summed E-state index contributed by atoms with van der Waals surface area (Å²) in [5, 5.41) is 0. The number of hydrogen-bond donors (Lipinski definition) is 1. The van der Waals surface area contributed by atoms with Crippen LogP contribution in [0.15, 0.2) is 42.7 Å². The Morgan fingerprint density at radius 3 is 2.57 bits per heavy atom. The van der Waals surface area contributed by atoms with Crippen LogP contribution in [0.25, 0.3) is 11.1 Å². The summed E-state index contributed by atoms with van der Waals surface area (Å²) in [6.07, 6.45) is 3.15. The van der Waals surface area contributed by atoms with Gasteiger partial charge in [0, 0.05) is 29.2 Å². The van der Waals surface area contributed by atoms with E-state index < -0.39 is 0 Å². The fraction of sp³-hybridized carbons (Fsp3) is 0. The number of aromatic nitrogens is 1. The third-order valence-electron chi connectivity index (χ3n) is 2.02. The first-order valence-corrected chi connectivity index (χ1v) is 4.23. The molecule has 1 aromatic carbocycles. The topological polar surface area (TPSA) is 38.9 Å². The molecule has 1 aromatic heterocycles.